The molecule has 0 aliphatic heterocycles. The van der Waals surface area contributed by atoms with Gasteiger partial charge in [0.05, 0.1) is 0 Å². The smallest absolute Gasteiger partial charge is 0.0187 e. The van der Waals surface area contributed by atoms with E-state index in [0.29, 0.717) is 0 Å². The third-order valence-electron chi connectivity index (χ3n) is 0. The van der Waals surface area contributed by atoms with E-state index < -0.39 is 24.4 Å². The first-order valence-corrected chi connectivity index (χ1v) is 9.85. The van der Waals surface area contributed by atoms with E-state index in [9.17, 15) is 0 Å². The Hall–Kier alpha value is 1.17. The first kappa shape index (κ1) is 18.9. The maximum atomic E-state index is 8.12. The maximum absolute atomic E-state index is 8.12. The minimum absolute atomic E-state index is 0.620. The summed E-state index contributed by atoms with van der Waals surface area (Å²) in [6.07, 6.45) is 0. The lowest BCUT2D eigenvalue weighted by Gasteiger charge is -1.80. The van der Waals surface area contributed by atoms with E-state index in [0.717, 1.165) is 0 Å². The van der Waals surface area contributed by atoms with Crippen LogP contribution in [0.4, 0.5) is 0 Å². The van der Waals surface area contributed by atoms with Crippen LogP contribution >= 0.6 is 24.4 Å². The second-order valence-electron chi connectivity index (χ2n) is 2.54. The fourth-order valence-corrected chi connectivity index (χ4v) is 0. The Kier molecular flexibility index (Phi) is 23.1. The lowest BCUT2D eigenvalue weighted by atomic mass is 11.9. The summed E-state index contributed by atoms with van der Waals surface area (Å²) in [4.78, 5) is 24.4. The second-order valence-corrected chi connectivity index (χ2v) is 7.62. The standard InChI is InChI=1S/3C2H7OP/c3*1-4(2)3/h3*3H,1-2H3. The van der Waals surface area contributed by atoms with Crippen molar-refractivity contribution >= 4 is 24.4 Å². The molecular formula is C6H21O3P3. The summed E-state index contributed by atoms with van der Waals surface area (Å²) in [6, 6.07) is 0. The van der Waals surface area contributed by atoms with Crippen molar-refractivity contribution in [2.75, 3.05) is 40.0 Å². The fraction of sp³-hybridized carbons (Fsp3) is 1.00. The van der Waals surface area contributed by atoms with E-state index in [-0.39, 0.29) is 0 Å². The van der Waals surface area contributed by atoms with E-state index in [1.54, 1.807) is 40.0 Å². The summed E-state index contributed by atoms with van der Waals surface area (Å²) in [5, 5.41) is 0. The van der Waals surface area contributed by atoms with Crippen LogP contribution in [0.1, 0.15) is 0 Å². The third kappa shape index (κ3) is 844. The third-order valence-corrected chi connectivity index (χ3v) is 0. The highest BCUT2D eigenvalue weighted by Gasteiger charge is 1.69. The SMILES string of the molecule is CP(C)O.CP(C)O.CP(C)O. The van der Waals surface area contributed by atoms with Gasteiger partial charge in [-0.3, -0.25) is 0 Å². The lowest BCUT2D eigenvalue weighted by molar-refractivity contribution is 0.636. The Labute approximate surface area is 79.7 Å². The van der Waals surface area contributed by atoms with Gasteiger partial charge in [0.25, 0.3) is 0 Å². The zero-order valence-corrected chi connectivity index (χ0v) is 11.4. The minimum Gasteiger partial charge on any atom is -0.374 e. The summed E-state index contributed by atoms with van der Waals surface area (Å²) in [5.41, 5.74) is 0. The van der Waals surface area contributed by atoms with E-state index in [1.807, 2.05) is 0 Å². The topological polar surface area (TPSA) is 60.7 Å². The number of hydrogen-bond donors (Lipinski definition) is 3. The van der Waals surface area contributed by atoms with E-state index in [4.69, 9.17) is 14.7 Å². The summed E-state index contributed by atoms with van der Waals surface area (Å²) in [6.45, 7) is 10.7. The Morgan fingerprint density at radius 1 is 0.500 bits per heavy atom. The molecule has 0 amide bonds. The predicted molar refractivity (Wildman–Crippen MR) is 63.0 cm³/mol. The molecule has 12 heavy (non-hydrogen) atoms. The molecular weight excluding hydrogens is 213 g/mol. The van der Waals surface area contributed by atoms with Gasteiger partial charge in [-0.05, 0) is 40.0 Å². The Morgan fingerprint density at radius 2 is 0.500 bits per heavy atom. The average molecular weight is 234 g/mol. The van der Waals surface area contributed by atoms with Crippen LogP contribution < -0.4 is 0 Å². The summed E-state index contributed by atoms with van der Waals surface area (Å²) < 4.78 is 0. The van der Waals surface area contributed by atoms with Gasteiger partial charge in [-0.1, -0.05) is 0 Å². The van der Waals surface area contributed by atoms with Crippen molar-refractivity contribution in [1.82, 2.24) is 0 Å². The second kappa shape index (κ2) is 14.7. The monoisotopic (exact) mass is 234 g/mol. The van der Waals surface area contributed by atoms with Crippen molar-refractivity contribution in [3.05, 3.63) is 0 Å². The van der Waals surface area contributed by atoms with Crippen LogP contribution in [0.5, 0.6) is 0 Å². The highest BCUT2D eigenvalue weighted by Crippen LogP contribution is 2.14. The highest BCUT2D eigenvalue weighted by molar-refractivity contribution is 7.50. The molecule has 0 spiro atoms. The zero-order chi connectivity index (χ0) is 10.7. The molecule has 6 heteroatoms. The number of rotatable bonds is 0. The van der Waals surface area contributed by atoms with Crippen LogP contribution in [0.15, 0.2) is 0 Å². The zero-order valence-electron chi connectivity index (χ0n) is 8.68. The van der Waals surface area contributed by atoms with Crippen LogP contribution in [-0.2, 0) is 0 Å². The molecule has 0 unspecified atom stereocenters. The van der Waals surface area contributed by atoms with E-state index >= 15 is 0 Å². The summed E-state index contributed by atoms with van der Waals surface area (Å²) in [7, 11) is -1.86. The van der Waals surface area contributed by atoms with E-state index in [1.165, 1.54) is 0 Å². The Balaban J connectivity index is -0.000000101. The van der Waals surface area contributed by atoms with Crippen molar-refractivity contribution in [1.29, 1.82) is 0 Å². The Morgan fingerprint density at radius 3 is 0.500 bits per heavy atom. The van der Waals surface area contributed by atoms with Crippen molar-refractivity contribution in [3.8, 4) is 0 Å². The van der Waals surface area contributed by atoms with Gasteiger partial charge in [0.1, 0.15) is 0 Å². The molecule has 0 saturated carbocycles. The van der Waals surface area contributed by atoms with Crippen LogP contribution in [0.3, 0.4) is 0 Å². The van der Waals surface area contributed by atoms with Crippen molar-refractivity contribution in [2.24, 2.45) is 0 Å². The van der Waals surface area contributed by atoms with Gasteiger partial charge in [0.2, 0.25) is 0 Å². The van der Waals surface area contributed by atoms with Crippen molar-refractivity contribution in [2.45, 2.75) is 0 Å². The maximum Gasteiger partial charge on any atom is 0.0187 e. The lowest BCUT2D eigenvalue weighted by Crippen LogP contribution is -1.50. The fourth-order valence-electron chi connectivity index (χ4n) is 0. The highest BCUT2D eigenvalue weighted by atomic mass is 31.1. The molecule has 3 nitrogen and oxygen atoms in total. The average Bonchev–Trinajstić information content (AvgIpc) is 1.54. The first-order chi connectivity index (χ1) is 5.20. The number of hydrogen-bond acceptors (Lipinski definition) is 3. The van der Waals surface area contributed by atoms with Gasteiger partial charge in [-0.15, -0.1) is 0 Å². The molecule has 0 fully saturated rings. The van der Waals surface area contributed by atoms with Crippen LogP contribution in [-0.4, -0.2) is 54.7 Å². The quantitative estimate of drug-likeness (QED) is 0.561. The first-order valence-electron chi connectivity index (χ1n) is 3.28. The molecule has 0 aliphatic carbocycles. The van der Waals surface area contributed by atoms with Gasteiger partial charge >= 0.3 is 0 Å². The summed E-state index contributed by atoms with van der Waals surface area (Å²) in [5.74, 6) is 0. The largest absolute Gasteiger partial charge is 0.374 e. The molecule has 0 bridgehead atoms. The van der Waals surface area contributed by atoms with Crippen LogP contribution in [0.25, 0.3) is 0 Å². The molecule has 78 valence electrons. The molecule has 0 heterocycles. The normalized spacial score (nSPS) is 9.00. The van der Waals surface area contributed by atoms with Gasteiger partial charge in [-0.25, -0.2) is 0 Å². The van der Waals surface area contributed by atoms with Gasteiger partial charge < -0.3 is 14.7 Å². The molecule has 0 saturated heterocycles. The van der Waals surface area contributed by atoms with Crippen LogP contribution in [0, 0.1) is 0 Å². The summed E-state index contributed by atoms with van der Waals surface area (Å²) >= 11 is 0. The minimum atomic E-state index is -0.620. The molecule has 0 rings (SSSR count). The molecule has 0 aromatic rings. The molecule has 0 aliphatic rings. The van der Waals surface area contributed by atoms with Gasteiger partial charge in [0, 0.05) is 24.4 Å². The molecule has 0 radical (unpaired) electrons. The molecule has 0 aromatic heterocycles. The van der Waals surface area contributed by atoms with Crippen molar-refractivity contribution in [3.63, 3.8) is 0 Å². The van der Waals surface area contributed by atoms with Crippen LogP contribution in [0.2, 0.25) is 0 Å². The van der Waals surface area contributed by atoms with Crippen molar-refractivity contribution < 1.29 is 14.7 Å². The predicted octanol–water partition coefficient (Wildman–Crippen LogP) is 1.91. The van der Waals surface area contributed by atoms with Gasteiger partial charge in [-0.2, -0.15) is 0 Å². The molecule has 0 aromatic carbocycles. The molecule has 3 N–H and O–H groups in total. The Bertz CT molecular complexity index is 46.5. The van der Waals surface area contributed by atoms with Gasteiger partial charge in [0.15, 0.2) is 0 Å². The van der Waals surface area contributed by atoms with E-state index in [2.05, 4.69) is 0 Å². The molecule has 0 atom stereocenters.